The number of amides is 1. The number of likely N-dealkylation sites (N-methyl/N-ethyl adjacent to an activating group) is 1. The lowest BCUT2D eigenvalue weighted by atomic mass is 10.1. The number of nitrogens with zero attached hydrogens (tertiary/aromatic N) is 2. The predicted molar refractivity (Wildman–Crippen MR) is 120 cm³/mol. The Morgan fingerprint density at radius 1 is 0.967 bits per heavy atom. The summed E-state index contributed by atoms with van der Waals surface area (Å²) in [6, 6.07) is 14.7. The van der Waals surface area contributed by atoms with E-state index >= 15 is 0 Å². The van der Waals surface area contributed by atoms with Crippen molar-refractivity contribution in [2.24, 2.45) is 0 Å². The Bertz CT molecular complexity index is 935. The van der Waals surface area contributed by atoms with Crippen LogP contribution in [-0.2, 0) is 21.2 Å². The molecular formula is C22H30N4O3S. The molecule has 0 atom stereocenters. The average Bonchev–Trinajstić information content (AvgIpc) is 2.72. The monoisotopic (exact) mass is 430 g/mol. The molecule has 1 saturated heterocycles. The minimum Gasteiger partial charge on any atom is -0.369 e. The van der Waals surface area contributed by atoms with E-state index in [1.54, 1.807) is 12.1 Å². The number of hydrogen-bond donors (Lipinski definition) is 2. The molecule has 0 aliphatic carbocycles. The zero-order valence-corrected chi connectivity index (χ0v) is 18.4. The maximum Gasteiger partial charge on any atom is 0.240 e. The van der Waals surface area contributed by atoms with Gasteiger partial charge in [0.2, 0.25) is 15.9 Å². The second kappa shape index (κ2) is 10.1. The lowest BCUT2D eigenvalue weighted by Gasteiger charge is -2.34. The Morgan fingerprint density at radius 2 is 1.60 bits per heavy atom. The third-order valence-electron chi connectivity index (χ3n) is 5.22. The van der Waals surface area contributed by atoms with Crippen molar-refractivity contribution in [3.63, 3.8) is 0 Å². The zero-order valence-electron chi connectivity index (χ0n) is 17.6. The van der Waals surface area contributed by atoms with Crippen LogP contribution < -0.4 is 14.9 Å². The summed E-state index contributed by atoms with van der Waals surface area (Å²) in [6.07, 6.45) is 1.53. The summed E-state index contributed by atoms with van der Waals surface area (Å²) in [4.78, 5) is 16.0. The first-order chi connectivity index (χ1) is 14.3. The molecule has 1 aliphatic heterocycles. The van der Waals surface area contributed by atoms with Gasteiger partial charge in [-0.3, -0.25) is 4.79 Å². The number of hydrogen-bond acceptors (Lipinski definition) is 5. The lowest BCUT2D eigenvalue weighted by molar-refractivity contribution is -0.114. The molecule has 0 spiro atoms. The SMILES string of the molecule is CC(=O)Nc1ccc(S(=O)(=O)NCCCc2ccc(N3CCN(C)CC3)cc2)cc1. The maximum absolute atomic E-state index is 12.4. The Labute approximate surface area is 179 Å². The van der Waals surface area contributed by atoms with E-state index in [9.17, 15) is 13.2 Å². The Morgan fingerprint density at radius 3 is 2.20 bits per heavy atom. The molecule has 1 amide bonds. The maximum atomic E-state index is 12.4. The number of aryl methyl sites for hydroxylation is 1. The number of nitrogens with one attached hydrogen (secondary N) is 2. The number of carbonyl (C=O) groups is 1. The molecular weight excluding hydrogens is 400 g/mol. The van der Waals surface area contributed by atoms with Gasteiger partial charge in [0, 0.05) is 51.0 Å². The van der Waals surface area contributed by atoms with E-state index < -0.39 is 10.0 Å². The summed E-state index contributed by atoms with van der Waals surface area (Å²) >= 11 is 0. The van der Waals surface area contributed by atoms with E-state index in [0.717, 1.165) is 39.0 Å². The highest BCUT2D eigenvalue weighted by atomic mass is 32.2. The molecule has 0 saturated carbocycles. The average molecular weight is 431 g/mol. The van der Waals surface area contributed by atoms with Crippen LogP contribution in [0.15, 0.2) is 53.4 Å². The number of benzene rings is 2. The van der Waals surface area contributed by atoms with Crippen LogP contribution in [0.5, 0.6) is 0 Å². The van der Waals surface area contributed by atoms with Crippen molar-refractivity contribution in [2.75, 3.05) is 50.0 Å². The number of rotatable bonds is 8. The summed E-state index contributed by atoms with van der Waals surface area (Å²) in [5.74, 6) is -0.194. The molecule has 30 heavy (non-hydrogen) atoms. The standard InChI is InChI=1S/C22H30N4O3S/c1-18(27)24-20-7-11-22(12-8-20)30(28,29)23-13-3-4-19-5-9-21(10-6-19)26-16-14-25(2)15-17-26/h5-12,23H,3-4,13-17H2,1-2H3,(H,24,27). The number of piperazine rings is 1. The van der Waals surface area contributed by atoms with Gasteiger partial charge >= 0.3 is 0 Å². The van der Waals surface area contributed by atoms with Crippen LogP contribution in [-0.4, -0.2) is 59.0 Å². The predicted octanol–water partition coefficient (Wildman–Crippen LogP) is 2.31. The molecule has 162 valence electrons. The number of carbonyl (C=O) groups excluding carboxylic acids is 1. The second-order valence-corrected chi connectivity index (χ2v) is 9.43. The van der Waals surface area contributed by atoms with Gasteiger partial charge in [0.05, 0.1) is 4.90 Å². The minimum absolute atomic E-state index is 0.188. The fraction of sp³-hybridized carbons (Fsp3) is 0.409. The molecule has 0 aromatic heterocycles. The van der Waals surface area contributed by atoms with Gasteiger partial charge in [-0.2, -0.15) is 0 Å². The van der Waals surface area contributed by atoms with Crippen LogP contribution in [0.2, 0.25) is 0 Å². The Balaban J connectivity index is 1.45. The van der Waals surface area contributed by atoms with Crippen LogP contribution in [0.3, 0.4) is 0 Å². The molecule has 0 bridgehead atoms. The first-order valence-electron chi connectivity index (χ1n) is 10.2. The Kier molecular flexibility index (Phi) is 7.47. The third-order valence-corrected chi connectivity index (χ3v) is 6.70. The van der Waals surface area contributed by atoms with Crippen molar-refractivity contribution in [1.29, 1.82) is 0 Å². The van der Waals surface area contributed by atoms with Crippen molar-refractivity contribution in [3.8, 4) is 0 Å². The first-order valence-corrected chi connectivity index (χ1v) is 11.7. The van der Waals surface area contributed by atoms with Crippen molar-refractivity contribution < 1.29 is 13.2 Å². The summed E-state index contributed by atoms with van der Waals surface area (Å²) in [5.41, 5.74) is 3.02. The van der Waals surface area contributed by atoms with E-state index in [2.05, 4.69) is 51.2 Å². The van der Waals surface area contributed by atoms with Gasteiger partial charge in [-0.1, -0.05) is 12.1 Å². The molecule has 2 N–H and O–H groups in total. The minimum atomic E-state index is -3.56. The Hall–Kier alpha value is -2.42. The van der Waals surface area contributed by atoms with Crippen LogP contribution in [0.4, 0.5) is 11.4 Å². The summed E-state index contributed by atoms with van der Waals surface area (Å²) < 4.78 is 27.5. The van der Waals surface area contributed by atoms with Gasteiger partial charge in [-0.25, -0.2) is 13.1 Å². The molecule has 1 fully saturated rings. The van der Waals surface area contributed by atoms with Gasteiger partial charge in [0.15, 0.2) is 0 Å². The molecule has 2 aromatic carbocycles. The highest BCUT2D eigenvalue weighted by Gasteiger charge is 2.15. The summed E-state index contributed by atoms with van der Waals surface area (Å²) in [6.45, 7) is 6.03. The van der Waals surface area contributed by atoms with Crippen LogP contribution >= 0.6 is 0 Å². The molecule has 3 rings (SSSR count). The molecule has 1 heterocycles. The van der Waals surface area contributed by atoms with Gasteiger partial charge in [0.1, 0.15) is 0 Å². The zero-order chi connectivity index (χ0) is 21.6. The number of anilines is 2. The summed E-state index contributed by atoms with van der Waals surface area (Å²) in [7, 11) is -1.41. The summed E-state index contributed by atoms with van der Waals surface area (Å²) in [5, 5.41) is 2.62. The number of sulfonamides is 1. The van der Waals surface area contributed by atoms with E-state index in [0.29, 0.717) is 12.2 Å². The van der Waals surface area contributed by atoms with Gasteiger partial charge in [-0.05, 0) is 61.9 Å². The largest absolute Gasteiger partial charge is 0.369 e. The normalized spacial score (nSPS) is 15.2. The van der Waals surface area contributed by atoms with E-state index in [4.69, 9.17) is 0 Å². The molecule has 1 aliphatic rings. The van der Waals surface area contributed by atoms with Crippen molar-refractivity contribution in [1.82, 2.24) is 9.62 Å². The molecule has 7 nitrogen and oxygen atoms in total. The van der Waals surface area contributed by atoms with Crippen LogP contribution in [0, 0.1) is 0 Å². The quantitative estimate of drug-likeness (QED) is 0.628. The lowest BCUT2D eigenvalue weighted by Crippen LogP contribution is -2.44. The van der Waals surface area contributed by atoms with Crippen LogP contribution in [0.25, 0.3) is 0 Å². The van der Waals surface area contributed by atoms with Crippen molar-refractivity contribution in [2.45, 2.75) is 24.7 Å². The highest BCUT2D eigenvalue weighted by Crippen LogP contribution is 2.18. The fourth-order valence-electron chi connectivity index (χ4n) is 3.44. The molecule has 0 unspecified atom stereocenters. The van der Waals surface area contributed by atoms with Gasteiger partial charge < -0.3 is 15.1 Å². The fourth-order valence-corrected chi connectivity index (χ4v) is 4.52. The topological polar surface area (TPSA) is 81.7 Å². The molecule has 2 aromatic rings. The van der Waals surface area contributed by atoms with Crippen molar-refractivity contribution in [3.05, 3.63) is 54.1 Å². The smallest absolute Gasteiger partial charge is 0.240 e. The van der Waals surface area contributed by atoms with Gasteiger partial charge in [0.25, 0.3) is 0 Å². The highest BCUT2D eigenvalue weighted by molar-refractivity contribution is 7.89. The van der Waals surface area contributed by atoms with E-state index in [1.165, 1.54) is 30.3 Å². The molecule has 0 radical (unpaired) electrons. The van der Waals surface area contributed by atoms with E-state index in [1.807, 2.05) is 0 Å². The van der Waals surface area contributed by atoms with Crippen molar-refractivity contribution >= 4 is 27.3 Å². The second-order valence-electron chi connectivity index (χ2n) is 7.66. The van der Waals surface area contributed by atoms with Crippen LogP contribution in [0.1, 0.15) is 18.9 Å². The third kappa shape index (κ3) is 6.29. The molecule has 8 heteroatoms. The first kappa shape index (κ1) is 22.3. The van der Waals surface area contributed by atoms with E-state index in [-0.39, 0.29) is 10.8 Å². The van der Waals surface area contributed by atoms with Gasteiger partial charge in [-0.15, -0.1) is 0 Å².